The standard InChI is InChI=1S/C18H13ClN3OS2/c1-12-4-2-3-5-14(12)22-15(6-7-16-20-9-10-24-16)21-13-8-11-25(19)17(13)18(22)23/h2-11H,1H3/q+1. The summed E-state index contributed by atoms with van der Waals surface area (Å²) in [5.41, 5.74) is 2.33. The van der Waals surface area contributed by atoms with Gasteiger partial charge in [0.25, 0.3) is 4.70 Å². The maximum atomic E-state index is 13.2. The zero-order chi connectivity index (χ0) is 17.4. The average molecular weight is 387 g/mol. The first-order valence-corrected chi connectivity index (χ1v) is 10.5. The number of thiophene rings is 1. The van der Waals surface area contributed by atoms with E-state index in [1.165, 1.54) is 11.3 Å². The Hall–Kier alpha value is -2.28. The van der Waals surface area contributed by atoms with E-state index < -0.39 is 9.68 Å². The van der Waals surface area contributed by atoms with Crippen LogP contribution >= 0.6 is 31.7 Å². The molecule has 0 saturated heterocycles. The third kappa shape index (κ3) is 2.93. The zero-order valence-electron chi connectivity index (χ0n) is 13.2. The lowest BCUT2D eigenvalue weighted by molar-refractivity contribution is 0.938. The number of fused-ring (bicyclic) bond motifs is 1. The molecule has 0 radical (unpaired) electrons. The molecule has 1 unspecified atom stereocenters. The monoisotopic (exact) mass is 386 g/mol. The van der Waals surface area contributed by atoms with E-state index in [-0.39, 0.29) is 5.56 Å². The van der Waals surface area contributed by atoms with E-state index in [1.807, 2.05) is 60.2 Å². The quantitative estimate of drug-likeness (QED) is 0.462. The molecule has 0 saturated carbocycles. The van der Waals surface area contributed by atoms with Crippen LogP contribution in [-0.4, -0.2) is 14.5 Å². The van der Waals surface area contributed by atoms with Gasteiger partial charge >= 0.3 is 5.56 Å². The molecule has 1 atom stereocenters. The van der Waals surface area contributed by atoms with Gasteiger partial charge in [0.05, 0.1) is 5.69 Å². The second-order valence-corrected chi connectivity index (χ2v) is 8.57. The SMILES string of the molecule is Cc1ccccc1-n1c(C=Cc2nccs2)nc2cc[s+](Cl)c2c1=O. The van der Waals surface area contributed by atoms with Crippen molar-refractivity contribution in [2.75, 3.05) is 0 Å². The van der Waals surface area contributed by atoms with Crippen LogP contribution in [0.5, 0.6) is 0 Å². The summed E-state index contributed by atoms with van der Waals surface area (Å²) in [7, 11) is 5.59. The Labute approximate surface area is 155 Å². The predicted octanol–water partition coefficient (Wildman–Crippen LogP) is 5.07. The second kappa shape index (κ2) is 6.55. The molecule has 124 valence electrons. The zero-order valence-corrected chi connectivity index (χ0v) is 15.6. The van der Waals surface area contributed by atoms with Gasteiger partial charge in [-0.3, -0.25) is 9.36 Å². The van der Waals surface area contributed by atoms with Gasteiger partial charge in [0, 0.05) is 17.6 Å². The van der Waals surface area contributed by atoms with Gasteiger partial charge in [-0.25, -0.2) is 9.97 Å². The van der Waals surface area contributed by atoms with Crippen LogP contribution in [0.1, 0.15) is 16.4 Å². The van der Waals surface area contributed by atoms with Gasteiger partial charge in [0.1, 0.15) is 26.0 Å². The molecule has 0 N–H and O–H groups in total. The summed E-state index contributed by atoms with van der Waals surface area (Å²) < 4.78 is 2.18. The molecule has 3 aromatic heterocycles. The molecular formula is C18H13ClN3OS2+. The van der Waals surface area contributed by atoms with E-state index in [4.69, 9.17) is 10.7 Å². The summed E-state index contributed by atoms with van der Waals surface area (Å²) in [4.78, 5) is 22.1. The van der Waals surface area contributed by atoms with Crippen LogP contribution in [0.2, 0.25) is 0 Å². The molecular weight excluding hydrogens is 374 g/mol. The van der Waals surface area contributed by atoms with Crippen molar-refractivity contribution < 1.29 is 0 Å². The van der Waals surface area contributed by atoms with Crippen molar-refractivity contribution in [3.8, 4) is 5.69 Å². The van der Waals surface area contributed by atoms with E-state index in [9.17, 15) is 4.79 Å². The molecule has 0 amide bonds. The molecule has 0 bridgehead atoms. The second-order valence-electron chi connectivity index (χ2n) is 5.40. The van der Waals surface area contributed by atoms with Crippen molar-refractivity contribution in [3.63, 3.8) is 0 Å². The molecule has 0 aliphatic heterocycles. The summed E-state index contributed by atoms with van der Waals surface area (Å²) in [6, 6.07) is 9.57. The van der Waals surface area contributed by atoms with Crippen LogP contribution in [-0.2, 0) is 0 Å². The van der Waals surface area contributed by atoms with Crippen molar-refractivity contribution in [2.24, 2.45) is 0 Å². The third-order valence-electron chi connectivity index (χ3n) is 3.82. The van der Waals surface area contributed by atoms with Gasteiger partial charge in [0.15, 0.2) is 5.38 Å². The predicted molar refractivity (Wildman–Crippen MR) is 107 cm³/mol. The van der Waals surface area contributed by atoms with E-state index in [2.05, 4.69) is 9.97 Å². The van der Waals surface area contributed by atoms with Crippen LogP contribution in [0.25, 0.3) is 28.1 Å². The van der Waals surface area contributed by atoms with Gasteiger partial charge in [-0.15, -0.1) is 11.3 Å². The smallest absolute Gasteiger partial charge is 0.262 e. The van der Waals surface area contributed by atoms with Crippen LogP contribution in [0.3, 0.4) is 0 Å². The topological polar surface area (TPSA) is 47.8 Å². The van der Waals surface area contributed by atoms with Crippen LogP contribution in [0.15, 0.2) is 52.1 Å². The molecule has 0 spiro atoms. The van der Waals surface area contributed by atoms with Gasteiger partial charge in [-0.1, -0.05) is 18.2 Å². The number of hydrogen-bond donors (Lipinski definition) is 0. The van der Waals surface area contributed by atoms with Crippen molar-refractivity contribution in [1.29, 1.82) is 0 Å². The normalized spacial score (nSPS) is 12.3. The van der Waals surface area contributed by atoms with Gasteiger partial charge < -0.3 is 0 Å². The van der Waals surface area contributed by atoms with Crippen LogP contribution in [0.4, 0.5) is 0 Å². The van der Waals surface area contributed by atoms with Gasteiger partial charge in [-0.05, 0) is 30.7 Å². The highest BCUT2D eigenvalue weighted by atomic mass is 35.7. The number of aryl methyl sites for hydroxylation is 1. The molecule has 3 heterocycles. The number of benzene rings is 1. The Bertz CT molecular complexity index is 1140. The van der Waals surface area contributed by atoms with Crippen molar-refractivity contribution in [1.82, 2.24) is 14.5 Å². The summed E-state index contributed by atoms with van der Waals surface area (Å²) in [5.74, 6) is 0.563. The number of halogens is 1. The highest BCUT2D eigenvalue weighted by molar-refractivity contribution is 7.64. The average Bonchev–Trinajstić information content (AvgIpc) is 3.24. The fraction of sp³-hybridized carbons (Fsp3) is 0.0556. The lowest BCUT2D eigenvalue weighted by Crippen LogP contribution is -2.22. The molecule has 7 heteroatoms. The Kier molecular flexibility index (Phi) is 4.25. The molecule has 4 aromatic rings. The van der Waals surface area contributed by atoms with E-state index in [0.717, 1.165) is 16.3 Å². The van der Waals surface area contributed by atoms with Crippen molar-refractivity contribution in [3.05, 3.63) is 74.0 Å². The Morgan fingerprint density at radius 2 is 2.08 bits per heavy atom. The first-order chi connectivity index (χ1) is 12.1. The lowest BCUT2D eigenvalue weighted by atomic mass is 10.2. The molecule has 25 heavy (non-hydrogen) atoms. The van der Waals surface area contributed by atoms with Gasteiger partial charge in [0.2, 0.25) is 10.7 Å². The highest BCUT2D eigenvalue weighted by Crippen LogP contribution is 2.32. The molecule has 0 aliphatic carbocycles. The molecule has 0 aliphatic rings. The molecule has 4 nitrogen and oxygen atoms in total. The number of hydrogen-bond acceptors (Lipinski definition) is 4. The van der Waals surface area contributed by atoms with Crippen LogP contribution < -0.4 is 5.56 Å². The fourth-order valence-corrected chi connectivity index (χ4v) is 4.72. The number of para-hydroxylation sites is 1. The first-order valence-electron chi connectivity index (χ1n) is 7.53. The Morgan fingerprint density at radius 3 is 2.84 bits per heavy atom. The lowest BCUT2D eigenvalue weighted by Gasteiger charge is -2.11. The first kappa shape index (κ1) is 16.2. The summed E-state index contributed by atoms with van der Waals surface area (Å²) >= 11 is 1.53. The highest BCUT2D eigenvalue weighted by Gasteiger charge is 2.22. The maximum absolute atomic E-state index is 13.2. The van der Waals surface area contributed by atoms with Crippen molar-refractivity contribution >= 4 is 54.1 Å². The minimum absolute atomic E-state index is 0.124. The van der Waals surface area contributed by atoms with Crippen LogP contribution in [0, 0.1) is 6.92 Å². The summed E-state index contributed by atoms with van der Waals surface area (Å²) in [6.45, 7) is 1.97. The third-order valence-corrected chi connectivity index (χ3v) is 6.48. The minimum Gasteiger partial charge on any atom is -0.262 e. The maximum Gasteiger partial charge on any atom is 0.320 e. The van der Waals surface area contributed by atoms with Gasteiger partial charge in [-0.2, -0.15) is 0 Å². The Morgan fingerprint density at radius 1 is 1.24 bits per heavy atom. The van der Waals surface area contributed by atoms with E-state index >= 15 is 0 Å². The molecule has 1 aromatic carbocycles. The van der Waals surface area contributed by atoms with Crippen molar-refractivity contribution in [2.45, 2.75) is 6.92 Å². The Balaban J connectivity index is 2.02. The number of rotatable bonds is 3. The number of nitrogens with zero attached hydrogens (tertiary/aromatic N) is 3. The molecule has 4 rings (SSSR count). The minimum atomic E-state index is -0.730. The summed E-state index contributed by atoms with van der Waals surface area (Å²) in [6.07, 6.45) is 5.44. The van der Waals surface area contributed by atoms with E-state index in [0.29, 0.717) is 16.0 Å². The fourth-order valence-electron chi connectivity index (χ4n) is 2.65. The van der Waals surface area contributed by atoms with E-state index in [1.54, 1.807) is 10.8 Å². The number of thiazole rings is 1. The molecule has 0 fully saturated rings. The summed E-state index contributed by atoms with van der Waals surface area (Å²) in [5, 5.41) is 4.59. The number of aromatic nitrogens is 3. The largest absolute Gasteiger partial charge is 0.320 e.